The Kier molecular flexibility index (Phi) is 3.79. The highest BCUT2D eigenvalue weighted by Crippen LogP contribution is 2.24. The summed E-state index contributed by atoms with van der Waals surface area (Å²) in [6.07, 6.45) is 5.56. The second-order valence-corrected chi connectivity index (χ2v) is 4.66. The van der Waals surface area contributed by atoms with Crippen LogP contribution in [0, 0.1) is 5.92 Å². The minimum Gasteiger partial charge on any atom is -0.393 e. The fourth-order valence-corrected chi connectivity index (χ4v) is 2.47. The van der Waals surface area contributed by atoms with Gasteiger partial charge in [0.2, 0.25) is 0 Å². The lowest BCUT2D eigenvalue weighted by molar-refractivity contribution is 0.0689. The molecule has 2 N–H and O–H groups in total. The average molecular weight is 199 g/mol. The molecule has 0 spiro atoms. The Labute approximate surface area is 85.8 Å². The molecule has 1 heterocycles. The molecule has 0 aromatic carbocycles. The molecular formula is C11H21NO2. The van der Waals surface area contributed by atoms with Gasteiger partial charge in [0.1, 0.15) is 0 Å². The van der Waals surface area contributed by atoms with Crippen LogP contribution in [-0.2, 0) is 4.74 Å². The first-order valence-electron chi connectivity index (χ1n) is 5.84. The van der Waals surface area contributed by atoms with Gasteiger partial charge in [-0.25, -0.2) is 0 Å². The zero-order valence-electron chi connectivity index (χ0n) is 8.74. The highest BCUT2D eigenvalue weighted by Gasteiger charge is 2.23. The lowest BCUT2D eigenvalue weighted by atomic mass is 10.1. The number of aliphatic hydroxyl groups excluding tert-OH is 1. The van der Waals surface area contributed by atoms with Crippen molar-refractivity contribution in [2.45, 2.75) is 44.2 Å². The number of aliphatic hydroxyl groups is 1. The monoisotopic (exact) mass is 199 g/mol. The van der Waals surface area contributed by atoms with E-state index < -0.39 is 0 Å². The van der Waals surface area contributed by atoms with Crippen molar-refractivity contribution in [2.24, 2.45) is 5.92 Å². The van der Waals surface area contributed by atoms with Gasteiger partial charge in [0.25, 0.3) is 0 Å². The molecule has 0 aromatic heterocycles. The van der Waals surface area contributed by atoms with Crippen LogP contribution >= 0.6 is 0 Å². The molecule has 0 aromatic rings. The Morgan fingerprint density at radius 1 is 1.29 bits per heavy atom. The Morgan fingerprint density at radius 2 is 2.21 bits per heavy atom. The summed E-state index contributed by atoms with van der Waals surface area (Å²) in [7, 11) is 0. The smallest absolute Gasteiger partial charge is 0.0619 e. The number of rotatable bonds is 3. The van der Waals surface area contributed by atoms with Crippen molar-refractivity contribution >= 4 is 0 Å². The number of hydrogen-bond acceptors (Lipinski definition) is 3. The molecule has 3 unspecified atom stereocenters. The molecule has 2 rings (SSSR count). The molecule has 3 nitrogen and oxygen atoms in total. The van der Waals surface area contributed by atoms with Crippen LogP contribution in [0.3, 0.4) is 0 Å². The molecule has 0 radical (unpaired) electrons. The summed E-state index contributed by atoms with van der Waals surface area (Å²) in [5.41, 5.74) is 0. The summed E-state index contributed by atoms with van der Waals surface area (Å²) >= 11 is 0. The Hall–Kier alpha value is -0.120. The van der Waals surface area contributed by atoms with Gasteiger partial charge < -0.3 is 15.2 Å². The standard InChI is InChI=1S/C11H21NO2/c13-11-4-3-9(6-11)7-12-10-2-1-5-14-8-10/h9-13H,1-8H2. The van der Waals surface area contributed by atoms with Crippen molar-refractivity contribution in [2.75, 3.05) is 19.8 Å². The van der Waals surface area contributed by atoms with Crippen LogP contribution in [-0.4, -0.2) is 37.0 Å². The van der Waals surface area contributed by atoms with E-state index in [-0.39, 0.29) is 6.10 Å². The van der Waals surface area contributed by atoms with E-state index in [2.05, 4.69) is 5.32 Å². The molecule has 82 valence electrons. The van der Waals surface area contributed by atoms with E-state index in [1.165, 1.54) is 19.3 Å². The maximum absolute atomic E-state index is 9.38. The van der Waals surface area contributed by atoms with Gasteiger partial charge in [-0.15, -0.1) is 0 Å². The zero-order chi connectivity index (χ0) is 9.80. The van der Waals surface area contributed by atoms with Gasteiger partial charge in [-0.3, -0.25) is 0 Å². The normalized spacial score (nSPS) is 38.8. The second kappa shape index (κ2) is 5.10. The molecule has 1 aliphatic carbocycles. The van der Waals surface area contributed by atoms with Crippen LogP contribution in [0.2, 0.25) is 0 Å². The molecule has 0 amide bonds. The van der Waals surface area contributed by atoms with E-state index in [0.29, 0.717) is 12.0 Å². The van der Waals surface area contributed by atoms with Crippen molar-refractivity contribution in [1.82, 2.24) is 5.32 Å². The topological polar surface area (TPSA) is 41.5 Å². The minimum absolute atomic E-state index is 0.0376. The van der Waals surface area contributed by atoms with Crippen molar-refractivity contribution in [3.05, 3.63) is 0 Å². The first-order chi connectivity index (χ1) is 6.84. The first-order valence-corrected chi connectivity index (χ1v) is 5.84. The highest BCUT2D eigenvalue weighted by molar-refractivity contribution is 4.78. The lowest BCUT2D eigenvalue weighted by Crippen LogP contribution is -2.39. The SMILES string of the molecule is OC1CCC(CNC2CCCOC2)C1. The van der Waals surface area contributed by atoms with Gasteiger partial charge >= 0.3 is 0 Å². The summed E-state index contributed by atoms with van der Waals surface area (Å²) in [6, 6.07) is 0.557. The Balaban J connectivity index is 1.61. The maximum atomic E-state index is 9.38. The summed E-state index contributed by atoms with van der Waals surface area (Å²) in [4.78, 5) is 0. The number of nitrogens with one attached hydrogen (secondary N) is 1. The second-order valence-electron chi connectivity index (χ2n) is 4.66. The van der Waals surface area contributed by atoms with Gasteiger partial charge in [-0.05, 0) is 44.6 Å². The van der Waals surface area contributed by atoms with Crippen LogP contribution in [0.5, 0.6) is 0 Å². The fourth-order valence-electron chi connectivity index (χ4n) is 2.47. The molecule has 1 saturated carbocycles. The maximum Gasteiger partial charge on any atom is 0.0619 e. The van der Waals surface area contributed by atoms with E-state index in [9.17, 15) is 5.11 Å². The molecule has 14 heavy (non-hydrogen) atoms. The molecule has 3 heteroatoms. The predicted molar refractivity (Wildman–Crippen MR) is 55.2 cm³/mol. The van der Waals surface area contributed by atoms with Crippen LogP contribution in [0.25, 0.3) is 0 Å². The van der Waals surface area contributed by atoms with Crippen molar-refractivity contribution in [3.63, 3.8) is 0 Å². The number of ether oxygens (including phenoxy) is 1. The van der Waals surface area contributed by atoms with E-state index in [1.807, 2.05) is 0 Å². The van der Waals surface area contributed by atoms with Gasteiger partial charge in [-0.1, -0.05) is 0 Å². The minimum atomic E-state index is -0.0376. The third kappa shape index (κ3) is 2.94. The summed E-state index contributed by atoms with van der Waals surface area (Å²) < 4.78 is 5.41. The van der Waals surface area contributed by atoms with Crippen LogP contribution < -0.4 is 5.32 Å². The molecule has 0 bridgehead atoms. The van der Waals surface area contributed by atoms with E-state index >= 15 is 0 Å². The molecule has 2 aliphatic rings. The first kappa shape index (κ1) is 10.4. The van der Waals surface area contributed by atoms with Crippen molar-refractivity contribution in [3.8, 4) is 0 Å². The Bertz CT molecular complexity index is 164. The third-order valence-corrected chi connectivity index (χ3v) is 3.37. The fraction of sp³-hybridized carbons (Fsp3) is 1.00. The highest BCUT2D eigenvalue weighted by atomic mass is 16.5. The van der Waals surface area contributed by atoms with E-state index in [4.69, 9.17) is 4.74 Å². The molecule has 3 atom stereocenters. The van der Waals surface area contributed by atoms with Gasteiger partial charge in [-0.2, -0.15) is 0 Å². The Morgan fingerprint density at radius 3 is 2.86 bits per heavy atom. The van der Waals surface area contributed by atoms with Crippen LogP contribution in [0.4, 0.5) is 0 Å². The predicted octanol–water partition coefficient (Wildman–Crippen LogP) is 0.916. The molecule has 1 aliphatic heterocycles. The van der Waals surface area contributed by atoms with E-state index in [1.54, 1.807) is 0 Å². The van der Waals surface area contributed by atoms with Crippen LogP contribution in [0.15, 0.2) is 0 Å². The lowest BCUT2D eigenvalue weighted by Gasteiger charge is -2.24. The van der Waals surface area contributed by atoms with E-state index in [0.717, 1.165) is 32.6 Å². The zero-order valence-corrected chi connectivity index (χ0v) is 8.74. The average Bonchev–Trinajstić information content (AvgIpc) is 2.63. The largest absolute Gasteiger partial charge is 0.393 e. The van der Waals surface area contributed by atoms with Gasteiger partial charge in [0, 0.05) is 12.6 Å². The quantitative estimate of drug-likeness (QED) is 0.710. The summed E-state index contributed by atoms with van der Waals surface area (Å²) in [5, 5.41) is 12.9. The molecular weight excluding hydrogens is 178 g/mol. The third-order valence-electron chi connectivity index (χ3n) is 3.37. The van der Waals surface area contributed by atoms with Gasteiger partial charge in [0.15, 0.2) is 0 Å². The molecule has 2 fully saturated rings. The molecule has 1 saturated heterocycles. The van der Waals surface area contributed by atoms with Crippen molar-refractivity contribution < 1.29 is 9.84 Å². The van der Waals surface area contributed by atoms with Crippen LogP contribution in [0.1, 0.15) is 32.1 Å². The summed E-state index contributed by atoms with van der Waals surface area (Å²) in [5.74, 6) is 0.687. The number of hydrogen-bond donors (Lipinski definition) is 2. The van der Waals surface area contributed by atoms with Gasteiger partial charge in [0.05, 0.1) is 12.7 Å². The van der Waals surface area contributed by atoms with Crippen molar-refractivity contribution in [1.29, 1.82) is 0 Å². The summed E-state index contributed by atoms with van der Waals surface area (Å²) in [6.45, 7) is 2.86.